The molecule has 0 atom stereocenters. The van der Waals surface area contributed by atoms with Gasteiger partial charge in [0.15, 0.2) is 17.5 Å². The maximum atomic E-state index is 5.08. The van der Waals surface area contributed by atoms with E-state index < -0.39 is 0 Å². The van der Waals surface area contributed by atoms with Crippen molar-refractivity contribution in [1.29, 1.82) is 0 Å². The third-order valence-electron chi connectivity index (χ3n) is 12.4. The molecule has 278 valence electrons. The lowest BCUT2D eigenvalue weighted by molar-refractivity contribution is 0.660. The summed E-state index contributed by atoms with van der Waals surface area (Å²) in [6.45, 7) is 4.67. The standard InChI is InChI=1S/C54H37N5/c1-54(2)44-29-26-36(53-56-51(34-16-6-3-7-17-34)55-52(57-53)35-18-8-4-9-19-35)32-42(44)43-33-38(27-30-45(43)54)58-47-25-15-13-23-41(47)49-48(58)31-28-40-39-22-12-14-24-46(39)59(50(40)49)37-20-10-5-11-21-37/h3-33H,1-2H3. The highest BCUT2D eigenvalue weighted by molar-refractivity contribution is 6.26. The SMILES string of the molecule is CC1(C)c2ccc(-c3nc(-c4ccccc4)nc(-c4ccccc4)n3)cc2-c2cc(-n3c4ccccc4c4c3ccc3c5ccccc5n(-c5ccccc5)c34)ccc21. The van der Waals surface area contributed by atoms with Gasteiger partial charge in [-0.15, -0.1) is 0 Å². The average Bonchev–Trinajstić information content (AvgIpc) is 3.89. The maximum Gasteiger partial charge on any atom is 0.164 e. The second kappa shape index (κ2) is 12.7. The molecule has 3 heterocycles. The van der Waals surface area contributed by atoms with E-state index in [2.05, 4.69) is 175 Å². The minimum atomic E-state index is -0.186. The van der Waals surface area contributed by atoms with Gasteiger partial charge in [0, 0.05) is 55.0 Å². The van der Waals surface area contributed by atoms with Crippen molar-refractivity contribution < 1.29 is 0 Å². The van der Waals surface area contributed by atoms with E-state index in [1.54, 1.807) is 0 Å². The molecule has 0 saturated carbocycles. The summed E-state index contributed by atoms with van der Waals surface area (Å²) in [5.74, 6) is 1.97. The fourth-order valence-corrected chi connectivity index (χ4v) is 9.61. The summed E-state index contributed by atoms with van der Waals surface area (Å²) in [5, 5.41) is 4.98. The summed E-state index contributed by atoms with van der Waals surface area (Å²) in [6.07, 6.45) is 0. The quantitative estimate of drug-likeness (QED) is 0.176. The van der Waals surface area contributed by atoms with Crippen molar-refractivity contribution in [2.75, 3.05) is 0 Å². The Kier molecular flexibility index (Phi) is 7.20. The molecule has 8 aromatic carbocycles. The van der Waals surface area contributed by atoms with Crippen LogP contribution in [0.15, 0.2) is 188 Å². The van der Waals surface area contributed by atoms with Gasteiger partial charge in [-0.3, -0.25) is 0 Å². The minimum absolute atomic E-state index is 0.186. The number of aromatic nitrogens is 5. The monoisotopic (exact) mass is 755 g/mol. The van der Waals surface area contributed by atoms with Gasteiger partial charge in [-0.05, 0) is 70.8 Å². The van der Waals surface area contributed by atoms with Crippen molar-refractivity contribution in [3.8, 4) is 56.7 Å². The molecule has 3 aromatic heterocycles. The molecule has 11 aromatic rings. The van der Waals surface area contributed by atoms with E-state index in [9.17, 15) is 0 Å². The maximum absolute atomic E-state index is 5.08. The molecule has 0 fully saturated rings. The van der Waals surface area contributed by atoms with Gasteiger partial charge in [-0.1, -0.05) is 153 Å². The van der Waals surface area contributed by atoms with Crippen LogP contribution in [0.2, 0.25) is 0 Å². The number of rotatable bonds is 5. The molecule has 0 saturated heterocycles. The number of hydrogen-bond acceptors (Lipinski definition) is 3. The Morgan fingerprint density at radius 1 is 0.373 bits per heavy atom. The van der Waals surface area contributed by atoms with Crippen LogP contribution in [0.4, 0.5) is 0 Å². The number of fused-ring (bicyclic) bond motifs is 10. The number of nitrogens with zero attached hydrogens (tertiary/aromatic N) is 5. The van der Waals surface area contributed by atoms with Crippen molar-refractivity contribution in [1.82, 2.24) is 24.1 Å². The first-order chi connectivity index (χ1) is 29.0. The zero-order chi connectivity index (χ0) is 39.2. The summed E-state index contributed by atoms with van der Waals surface area (Å²) in [5.41, 5.74) is 14.8. The zero-order valence-corrected chi connectivity index (χ0v) is 32.6. The van der Waals surface area contributed by atoms with E-state index in [1.807, 2.05) is 36.4 Å². The van der Waals surface area contributed by atoms with Gasteiger partial charge in [-0.2, -0.15) is 0 Å². The molecule has 0 amide bonds. The van der Waals surface area contributed by atoms with Crippen molar-refractivity contribution in [3.63, 3.8) is 0 Å². The van der Waals surface area contributed by atoms with E-state index >= 15 is 0 Å². The van der Waals surface area contributed by atoms with Gasteiger partial charge >= 0.3 is 0 Å². The predicted molar refractivity (Wildman–Crippen MR) is 242 cm³/mol. The Balaban J connectivity index is 1.07. The van der Waals surface area contributed by atoms with Crippen molar-refractivity contribution in [3.05, 3.63) is 199 Å². The van der Waals surface area contributed by atoms with E-state index in [0.29, 0.717) is 17.5 Å². The van der Waals surface area contributed by atoms with E-state index in [1.165, 1.54) is 65.9 Å². The summed E-state index contributed by atoms with van der Waals surface area (Å²) < 4.78 is 4.90. The van der Waals surface area contributed by atoms with Gasteiger partial charge in [0.05, 0.1) is 22.1 Å². The first-order valence-electron chi connectivity index (χ1n) is 20.2. The fraction of sp³-hybridized carbons (Fsp3) is 0.0556. The smallest absolute Gasteiger partial charge is 0.164 e. The normalized spacial score (nSPS) is 13.1. The van der Waals surface area contributed by atoms with Crippen LogP contribution in [0.5, 0.6) is 0 Å². The van der Waals surface area contributed by atoms with Gasteiger partial charge in [-0.25, -0.2) is 15.0 Å². The Morgan fingerprint density at radius 2 is 0.898 bits per heavy atom. The molecule has 5 nitrogen and oxygen atoms in total. The lowest BCUT2D eigenvalue weighted by atomic mass is 9.82. The Hall–Kier alpha value is -7.63. The van der Waals surface area contributed by atoms with Crippen LogP contribution in [0.25, 0.3) is 100 Å². The van der Waals surface area contributed by atoms with E-state index in [-0.39, 0.29) is 5.41 Å². The molecular weight excluding hydrogens is 719 g/mol. The van der Waals surface area contributed by atoms with Crippen molar-refractivity contribution in [2.24, 2.45) is 0 Å². The van der Waals surface area contributed by atoms with Crippen LogP contribution in [0.3, 0.4) is 0 Å². The second-order valence-electron chi connectivity index (χ2n) is 16.1. The van der Waals surface area contributed by atoms with Crippen LogP contribution < -0.4 is 0 Å². The molecule has 5 heteroatoms. The van der Waals surface area contributed by atoms with Gasteiger partial charge in [0.1, 0.15) is 0 Å². The molecule has 0 N–H and O–H groups in total. The van der Waals surface area contributed by atoms with Crippen LogP contribution in [0, 0.1) is 0 Å². The fourth-order valence-electron chi connectivity index (χ4n) is 9.61. The molecule has 1 aliphatic carbocycles. The molecule has 0 bridgehead atoms. The summed E-state index contributed by atoms with van der Waals surface area (Å²) in [7, 11) is 0. The zero-order valence-electron chi connectivity index (χ0n) is 32.6. The Labute approximate surface area is 341 Å². The second-order valence-corrected chi connectivity index (χ2v) is 16.1. The first-order valence-corrected chi connectivity index (χ1v) is 20.2. The number of hydrogen-bond donors (Lipinski definition) is 0. The van der Waals surface area contributed by atoms with Gasteiger partial charge in [0.25, 0.3) is 0 Å². The van der Waals surface area contributed by atoms with Gasteiger partial charge in [0.2, 0.25) is 0 Å². The van der Waals surface area contributed by atoms with Crippen LogP contribution >= 0.6 is 0 Å². The van der Waals surface area contributed by atoms with Crippen LogP contribution in [-0.4, -0.2) is 24.1 Å². The highest BCUT2D eigenvalue weighted by Crippen LogP contribution is 2.51. The molecule has 0 spiro atoms. The first kappa shape index (κ1) is 33.5. The molecule has 59 heavy (non-hydrogen) atoms. The number of para-hydroxylation sites is 3. The highest BCUT2D eigenvalue weighted by atomic mass is 15.0. The lowest BCUT2D eigenvalue weighted by Crippen LogP contribution is -2.15. The topological polar surface area (TPSA) is 48.5 Å². The van der Waals surface area contributed by atoms with Gasteiger partial charge < -0.3 is 9.13 Å². The van der Waals surface area contributed by atoms with Crippen LogP contribution in [0.1, 0.15) is 25.0 Å². The largest absolute Gasteiger partial charge is 0.309 e. The molecule has 0 radical (unpaired) electrons. The van der Waals surface area contributed by atoms with E-state index in [4.69, 9.17) is 15.0 Å². The van der Waals surface area contributed by atoms with Crippen LogP contribution in [-0.2, 0) is 5.41 Å². The minimum Gasteiger partial charge on any atom is -0.309 e. The Bertz CT molecular complexity index is 3390. The third-order valence-corrected chi connectivity index (χ3v) is 12.4. The average molecular weight is 756 g/mol. The molecule has 1 aliphatic rings. The molecule has 0 unspecified atom stereocenters. The van der Waals surface area contributed by atoms with Crippen molar-refractivity contribution in [2.45, 2.75) is 19.3 Å². The highest BCUT2D eigenvalue weighted by Gasteiger charge is 2.36. The molecular formula is C54H37N5. The summed E-state index contributed by atoms with van der Waals surface area (Å²) in [4.78, 5) is 15.1. The predicted octanol–water partition coefficient (Wildman–Crippen LogP) is 13.4. The van der Waals surface area contributed by atoms with Crippen molar-refractivity contribution >= 4 is 43.6 Å². The molecule has 12 rings (SSSR count). The molecule has 0 aliphatic heterocycles. The summed E-state index contributed by atoms with van der Waals surface area (Å²) in [6, 6.07) is 67.1. The lowest BCUT2D eigenvalue weighted by Gasteiger charge is -2.21. The third kappa shape index (κ3) is 5.01. The van der Waals surface area contributed by atoms with E-state index in [0.717, 1.165) is 28.1 Å². The Morgan fingerprint density at radius 3 is 1.56 bits per heavy atom. The number of benzene rings is 8. The summed E-state index contributed by atoms with van der Waals surface area (Å²) >= 11 is 0.